The second kappa shape index (κ2) is 24.3. The Kier molecular flexibility index (Phi) is 23.0. The average molecular weight is 522 g/mol. The normalized spacial score (nSPS) is 11.9. The van der Waals surface area contributed by atoms with Crippen molar-refractivity contribution in [1.29, 1.82) is 0 Å². The summed E-state index contributed by atoms with van der Waals surface area (Å²) in [6.45, 7) is 5.99. The lowest BCUT2D eigenvalue weighted by Gasteiger charge is -2.26. The van der Waals surface area contributed by atoms with Gasteiger partial charge in [0.15, 0.2) is 0 Å². The van der Waals surface area contributed by atoms with E-state index in [0.29, 0.717) is 0 Å². The summed E-state index contributed by atoms with van der Waals surface area (Å²) >= 11 is 2.36. The Morgan fingerprint density at radius 1 is 0.429 bits per heavy atom. The Morgan fingerprint density at radius 3 is 1.09 bits per heavy atom. The molecule has 0 saturated heterocycles. The smallest absolute Gasteiger partial charge is 0.0654 e. The molecule has 0 aliphatic heterocycles. The van der Waals surface area contributed by atoms with Crippen LogP contribution < -0.4 is 0 Å². The largest absolute Gasteiger partial charge is 0.0793 e. The maximum Gasteiger partial charge on any atom is 0.0793 e. The zero-order chi connectivity index (χ0) is 25.3. The van der Waals surface area contributed by atoms with Crippen LogP contribution in [0, 0.1) is 0 Å². The van der Waals surface area contributed by atoms with Gasteiger partial charge in [-0.2, -0.15) is 0 Å². The van der Waals surface area contributed by atoms with Gasteiger partial charge < -0.3 is 0 Å². The SMILES string of the molecule is CCCCCCCCC[P+](CCCCCCCCC)(CCCCCCCCC)Sc1ccccc1. The van der Waals surface area contributed by atoms with Crippen LogP contribution in [0.4, 0.5) is 0 Å². The topological polar surface area (TPSA) is 0 Å². The summed E-state index contributed by atoms with van der Waals surface area (Å²) in [6, 6.07) is 11.5. The molecule has 0 bridgehead atoms. The molecule has 0 nitrogen and oxygen atoms in total. The van der Waals surface area contributed by atoms with Crippen molar-refractivity contribution in [2.45, 2.75) is 161 Å². The fraction of sp³-hybridized carbons (Fsp3) is 0.818. The van der Waals surface area contributed by atoms with E-state index in [4.69, 9.17) is 0 Å². The van der Waals surface area contributed by atoms with Gasteiger partial charge in [-0.05, 0) is 50.7 Å². The third-order valence-electron chi connectivity index (χ3n) is 7.55. The monoisotopic (exact) mass is 521 g/mol. The van der Waals surface area contributed by atoms with Crippen LogP contribution in [0.15, 0.2) is 35.2 Å². The Labute approximate surface area is 226 Å². The minimum absolute atomic E-state index is 0.985. The maximum absolute atomic E-state index is 2.39. The van der Waals surface area contributed by atoms with Crippen LogP contribution >= 0.6 is 17.8 Å². The lowest BCUT2D eigenvalue weighted by molar-refractivity contribution is 0.596. The minimum Gasteiger partial charge on any atom is -0.0654 e. The highest BCUT2D eigenvalue weighted by Gasteiger charge is 2.38. The van der Waals surface area contributed by atoms with Gasteiger partial charge in [0.2, 0.25) is 0 Å². The molecule has 0 saturated carbocycles. The second-order valence-corrected chi connectivity index (χ2v) is 18.0. The average Bonchev–Trinajstić information content (AvgIpc) is 2.88. The summed E-state index contributed by atoms with van der Waals surface area (Å²) in [7, 11) is 0. The number of unbranched alkanes of at least 4 members (excludes halogenated alkanes) is 18. The maximum atomic E-state index is 2.39. The second-order valence-electron chi connectivity index (χ2n) is 11.0. The van der Waals surface area contributed by atoms with Crippen LogP contribution in [-0.2, 0) is 0 Å². The summed E-state index contributed by atoms with van der Waals surface area (Å²) in [5, 5.41) is 0. The molecular weight excluding hydrogens is 459 g/mol. The number of hydrogen-bond donors (Lipinski definition) is 0. The van der Waals surface area contributed by atoms with E-state index in [2.05, 4.69) is 62.5 Å². The minimum atomic E-state index is -0.985. The molecule has 0 radical (unpaired) electrons. The van der Waals surface area contributed by atoms with Crippen molar-refractivity contribution < 1.29 is 0 Å². The summed E-state index contributed by atoms with van der Waals surface area (Å²) in [6.07, 6.45) is 34.9. The third-order valence-corrected chi connectivity index (χ3v) is 15.3. The van der Waals surface area contributed by atoms with Gasteiger partial charge >= 0.3 is 0 Å². The Balaban J connectivity index is 2.66. The van der Waals surface area contributed by atoms with Crippen molar-refractivity contribution in [3.05, 3.63) is 30.3 Å². The van der Waals surface area contributed by atoms with E-state index in [1.807, 2.05) is 0 Å². The van der Waals surface area contributed by atoms with Gasteiger partial charge in [-0.3, -0.25) is 0 Å². The molecule has 1 rings (SSSR count). The molecule has 0 unspecified atom stereocenters. The first-order valence-corrected chi connectivity index (χ1v) is 19.6. The van der Waals surface area contributed by atoms with Gasteiger partial charge in [-0.25, -0.2) is 0 Å². The Morgan fingerprint density at radius 2 is 0.743 bits per heavy atom. The van der Waals surface area contributed by atoms with Crippen molar-refractivity contribution >= 4 is 17.8 Å². The number of rotatable bonds is 26. The summed E-state index contributed by atoms with van der Waals surface area (Å²) in [4.78, 5) is 1.55. The molecule has 0 aliphatic rings. The van der Waals surface area contributed by atoms with Gasteiger partial charge in [0.05, 0.1) is 36.3 Å². The van der Waals surface area contributed by atoms with Crippen LogP contribution in [0.2, 0.25) is 0 Å². The predicted molar refractivity (Wildman–Crippen MR) is 168 cm³/mol. The third kappa shape index (κ3) is 18.8. The van der Waals surface area contributed by atoms with E-state index in [0.717, 1.165) is 0 Å². The zero-order valence-corrected chi connectivity index (χ0v) is 25.9. The summed E-state index contributed by atoms with van der Waals surface area (Å²) in [5.41, 5.74) is 0. The molecule has 204 valence electrons. The van der Waals surface area contributed by atoms with Gasteiger partial charge in [0.25, 0.3) is 0 Å². The first-order valence-electron chi connectivity index (χ1n) is 15.9. The first kappa shape index (κ1) is 33.0. The van der Waals surface area contributed by atoms with Crippen molar-refractivity contribution in [3.63, 3.8) is 0 Å². The zero-order valence-electron chi connectivity index (χ0n) is 24.2. The molecule has 1 aromatic carbocycles. The molecule has 0 aliphatic carbocycles. The summed E-state index contributed by atoms with van der Waals surface area (Å²) < 4.78 is 0. The molecule has 0 amide bonds. The standard InChI is InChI=1S/C33H62PS/c1-4-7-10-13-16-19-25-30-34(35-33-28-23-22-24-29-33,31-26-20-17-14-11-8-5-2)32-27-21-18-15-12-9-6-3/h22-24,28-29H,4-21,25-27,30-32H2,1-3H3/q+1. The number of benzene rings is 1. The molecule has 1 aromatic rings. The van der Waals surface area contributed by atoms with E-state index < -0.39 is 6.46 Å². The van der Waals surface area contributed by atoms with Crippen LogP contribution in [0.5, 0.6) is 0 Å². The molecule has 0 atom stereocenters. The van der Waals surface area contributed by atoms with Crippen LogP contribution in [0.3, 0.4) is 0 Å². The predicted octanol–water partition coefficient (Wildman–Crippen LogP) is 13.0. The van der Waals surface area contributed by atoms with E-state index >= 15 is 0 Å². The van der Waals surface area contributed by atoms with Gasteiger partial charge in [-0.15, -0.1) is 0 Å². The Hall–Kier alpha value is 0. The highest BCUT2D eigenvalue weighted by molar-refractivity contribution is 8.62. The van der Waals surface area contributed by atoms with Crippen LogP contribution in [0.25, 0.3) is 0 Å². The van der Waals surface area contributed by atoms with E-state index in [9.17, 15) is 0 Å². The molecular formula is C33H62PS+. The lowest BCUT2D eigenvalue weighted by atomic mass is 10.1. The first-order chi connectivity index (χ1) is 17.3. The number of hydrogen-bond acceptors (Lipinski definition) is 1. The van der Waals surface area contributed by atoms with E-state index in [-0.39, 0.29) is 0 Å². The van der Waals surface area contributed by atoms with Gasteiger partial charge in [0, 0.05) is 4.90 Å². The quantitative estimate of drug-likeness (QED) is 0.0862. The molecule has 0 spiro atoms. The van der Waals surface area contributed by atoms with Crippen molar-refractivity contribution in [2.24, 2.45) is 0 Å². The highest BCUT2D eigenvalue weighted by Crippen LogP contribution is 2.73. The molecule has 0 heterocycles. The fourth-order valence-corrected chi connectivity index (χ4v) is 13.0. The van der Waals surface area contributed by atoms with E-state index in [1.54, 1.807) is 4.90 Å². The molecule has 35 heavy (non-hydrogen) atoms. The molecule has 0 aromatic heterocycles. The summed E-state index contributed by atoms with van der Waals surface area (Å²) in [5.74, 6) is 0. The van der Waals surface area contributed by atoms with Gasteiger partial charge in [0.1, 0.15) is 0 Å². The van der Waals surface area contributed by atoms with Gasteiger partial charge in [-0.1, -0.05) is 135 Å². The van der Waals surface area contributed by atoms with Crippen molar-refractivity contribution in [1.82, 2.24) is 0 Å². The molecule has 0 N–H and O–H groups in total. The van der Waals surface area contributed by atoms with Crippen molar-refractivity contribution in [3.8, 4) is 0 Å². The fourth-order valence-electron chi connectivity index (χ4n) is 5.25. The van der Waals surface area contributed by atoms with Crippen LogP contribution in [0.1, 0.15) is 156 Å². The van der Waals surface area contributed by atoms with Crippen LogP contribution in [-0.4, -0.2) is 18.5 Å². The molecule has 0 fully saturated rings. The lowest BCUT2D eigenvalue weighted by Crippen LogP contribution is -2.07. The van der Waals surface area contributed by atoms with E-state index in [1.165, 1.54) is 153 Å². The highest BCUT2D eigenvalue weighted by atomic mass is 32.7. The molecule has 2 heteroatoms. The Bertz CT molecular complexity index is 498. The van der Waals surface area contributed by atoms with Crippen molar-refractivity contribution in [2.75, 3.05) is 18.5 Å².